The third kappa shape index (κ3) is 4.65. The van der Waals surface area contributed by atoms with E-state index in [4.69, 9.17) is 0 Å². The first-order chi connectivity index (χ1) is 11.9. The van der Waals surface area contributed by atoms with Gasteiger partial charge >= 0.3 is 0 Å². The zero-order valence-electron chi connectivity index (χ0n) is 15.3. The predicted octanol–water partition coefficient (Wildman–Crippen LogP) is 1.31. The Hall–Kier alpha value is -1.77. The van der Waals surface area contributed by atoms with E-state index in [1.54, 1.807) is 17.4 Å². The highest BCUT2D eigenvalue weighted by Crippen LogP contribution is 2.19. The van der Waals surface area contributed by atoms with Crippen LogP contribution in [0.1, 0.15) is 22.8 Å². The molecule has 1 fully saturated rings. The minimum Gasteiger partial charge on any atom is -0.348 e. The van der Waals surface area contributed by atoms with Gasteiger partial charge < -0.3 is 4.90 Å². The van der Waals surface area contributed by atoms with Gasteiger partial charge in [-0.2, -0.15) is 0 Å². The van der Waals surface area contributed by atoms with Crippen molar-refractivity contribution in [2.24, 2.45) is 0 Å². The van der Waals surface area contributed by atoms with Crippen LogP contribution in [0.15, 0.2) is 16.2 Å². The quantitative estimate of drug-likeness (QED) is 0.836. The van der Waals surface area contributed by atoms with Gasteiger partial charge in [0.1, 0.15) is 0 Å². The van der Waals surface area contributed by atoms with Crippen LogP contribution in [-0.4, -0.2) is 65.0 Å². The molecule has 0 spiro atoms. The largest absolute Gasteiger partial charge is 0.348 e. The molecule has 3 heterocycles. The Kier molecular flexibility index (Phi) is 5.51. The van der Waals surface area contributed by atoms with Crippen molar-refractivity contribution in [1.82, 2.24) is 24.8 Å². The molecule has 1 atom stereocenters. The molecule has 1 aliphatic heterocycles. The Bertz CT molecular complexity index is 770. The molecule has 0 aromatic carbocycles. The number of hydrogen-bond donors (Lipinski definition) is 1. The van der Waals surface area contributed by atoms with Gasteiger partial charge in [-0.15, -0.1) is 11.3 Å². The van der Waals surface area contributed by atoms with E-state index in [-0.39, 0.29) is 5.56 Å². The molecule has 7 nitrogen and oxygen atoms in total. The summed E-state index contributed by atoms with van der Waals surface area (Å²) in [5.41, 5.74) is 1.87. The lowest BCUT2D eigenvalue weighted by molar-refractivity contribution is 0.220. The van der Waals surface area contributed by atoms with Gasteiger partial charge in [-0.05, 0) is 20.4 Å². The number of aryl methyl sites for hydroxylation is 1. The molecule has 8 heteroatoms. The maximum absolute atomic E-state index is 11.8. The molecule has 0 unspecified atom stereocenters. The minimum absolute atomic E-state index is 0.103. The monoisotopic (exact) mass is 362 g/mol. The average molecular weight is 363 g/mol. The molecule has 0 amide bonds. The number of likely N-dealkylation sites (N-methyl/N-ethyl adjacent to an activating group) is 1. The van der Waals surface area contributed by atoms with E-state index in [1.807, 2.05) is 25.9 Å². The number of hydrogen-bond acceptors (Lipinski definition) is 7. The maximum Gasteiger partial charge on any atom is 0.252 e. The highest BCUT2D eigenvalue weighted by atomic mass is 32.1. The first-order valence-electron chi connectivity index (χ1n) is 8.52. The van der Waals surface area contributed by atoms with E-state index >= 15 is 0 Å². The maximum atomic E-state index is 11.8. The second-order valence-electron chi connectivity index (χ2n) is 6.91. The van der Waals surface area contributed by atoms with Crippen molar-refractivity contribution in [2.75, 3.05) is 39.1 Å². The second kappa shape index (κ2) is 7.63. The van der Waals surface area contributed by atoms with E-state index in [9.17, 15) is 4.79 Å². The number of nitrogens with zero attached hydrogens (tertiary/aromatic N) is 5. The summed E-state index contributed by atoms with van der Waals surface area (Å²) in [5.74, 6) is 0.600. The molecular weight excluding hydrogens is 336 g/mol. The number of thiazole rings is 1. The summed E-state index contributed by atoms with van der Waals surface area (Å²) < 4.78 is 0. The summed E-state index contributed by atoms with van der Waals surface area (Å²) in [4.78, 5) is 30.2. The van der Waals surface area contributed by atoms with Crippen molar-refractivity contribution < 1.29 is 0 Å². The molecule has 3 rings (SSSR count). The number of likely N-dealkylation sites (tertiary alicyclic amines) is 1. The Morgan fingerprint density at radius 2 is 2.12 bits per heavy atom. The molecule has 0 saturated carbocycles. The zero-order chi connectivity index (χ0) is 18.0. The van der Waals surface area contributed by atoms with E-state index in [2.05, 4.69) is 37.2 Å². The third-order valence-electron chi connectivity index (χ3n) is 4.54. The number of rotatable bonds is 6. The molecule has 2 aromatic rings. The average Bonchev–Trinajstić information content (AvgIpc) is 3.16. The van der Waals surface area contributed by atoms with Gasteiger partial charge in [0.25, 0.3) is 5.56 Å². The van der Waals surface area contributed by atoms with Gasteiger partial charge in [-0.3, -0.25) is 19.6 Å². The summed E-state index contributed by atoms with van der Waals surface area (Å²) in [5, 5.41) is 3.27. The number of aromatic amines is 1. The number of aromatic nitrogens is 3. The van der Waals surface area contributed by atoms with Crippen LogP contribution in [0.3, 0.4) is 0 Å². The molecule has 25 heavy (non-hydrogen) atoms. The van der Waals surface area contributed by atoms with Gasteiger partial charge in [0.15, 0.2) is 0 Å². The van der Waals surface area contributed by atoms with E-state index in [0.29, 0.717) is 18.5 Å². The molecule has 2 aromatic heterocycles. The summed E-state index contributed by atoms with van der Waals surface area (Å²) in [6, 6.07) is 2.07. The number of nitrogens with one attached hydrogen (secondary N) is 1. The predicted molar refractivity (Wildman–Crippen MR) is 101 cm³/mol. The highest BCUT2D eigenvalue weighted by Gasteiger charge is 2.26. The van der Waals surface area contributed by atoms with Gasteiger partial charge in [0.2, 0.25) is 5.95 Å². The summed E-state index contributed by atoms with van der Waals surface area (Å²) in [6.07, 6.45) is 1.13. The molecule has 0 aliphatic carbocycles. The van der Waals surface area contributed by atoms with Crippen molar-refractivity contribution in [3.8, 4) is 0 Å². The molecule has 136 valence electrons. The minimum atomic E-state index is -0.103. The molecule has 1 saturated heterocycles. The Morgan fingerprint density at radius 1 is 1.32 bits per heavy atom. The van der Waals surface area contributed by atoms with Crippen LogP contribution in [0.5, 0.6) is 0 Å². The summed E-state index contributed by atoms with van der Waals surface area (Å²) in [7, 11) is 5.86. The number of anilines is 1. The van der Waals surface area contributed by atoms with Gasteiger partial charge in [0, 0.05) is 57.8 Å². The zero-order valence-corrected chi connectivity index (χ0v) is 16.1. The first-order valence-corrected chi connectivity index (χ1v) is 9.40. The molecule has 1 N–H and O–H groups in total. The normalized spacial score (nSPS) is 18.2. The topological polar surface area (TPSA) is 68.4 Å². The lowest BCUT2D eigenvalue weighted by Crippen LogP contribution is -2.34. The standard InChI is InChI=1S/C17H26N6OS/c1-12-18-14(11-25-12)9-23-6-5-15(10-23)22(4)8-13-7-16(24)20-17(19-13)21(2)3/h7,11,15H,5-6,8-10H2,1-4H3,(H,19,20,24)/t15-/m0/s1. The summed E-state index contributed by atoms with van der Waals surface area (Å²) >= 11 is 1.71. The van der Waals surface area contributed by atoms with E-state index in [1.165, 1.54) is 0 Å². The van der Waals surface area contributed by atoms with Crippen molar-refractivity contribution in [1.29, 1.82) is 0 Å². The van der Waals surface area contributed by atoms with Crippen molar-refractivity contribution in [2.45, 2.75) is 32.5 Å². The van der Waals surface area contributed by atoms with Crippen molar-refractivity contribution in [3.05, 3.63) is 38.2 Å². The lowest BCUT2D eigenvalue weighted by atomic mass is 10.2. The first kappa shape index (κ1) is 18.0. The van der Waals surface area contributed by atoms with Crippen LogP contribution in [0, 0.1) is 6.92 Å². The molecule has 0 bridgehead atoms. The molecular formula is C17H26N6OS. The molecule has 0 radical (unpaired) electrons. The van der Waals surface area contributed by atoms with Crippen molar-refractivity contribution in [3.63, 3.8) is 0 Å². The smallest absolute Gasteiger partial charge is 0.252 e. The summed E-state index contributed by atoms with van der Waals surface area (Å²) in [6.45, 7) is 5.75. The molecule has 1 aliphatic rings. The van der Waals surface area contributed by atoms with Gasteiger partial charge in [0.05, 0.1) is 16.4 Å². The van der Waals surface area contributed by atoms with E-state index < -0.39 is 0 Å². The highest BCUT2D eigenvalue weighted by molar-refractivity contribution is 7.09. The van der Waals surface area contributed by atoms with Crippen LogP contribution >= 0.6 is 11.3 Å². The SMILES string of the molecule is Cc1nc(CN2CC[C@H](N(C)Cc3cc(=O)[nH]c(N(C)C)n3)C2)cs1. The Balaban J connectivity index is 1.59. The van der Waals surface area contributed by atoms with Gasteiger partial charge in [-0.1, -0.05) is 0 Å². The van der Waals surface area contributed by atoms with Crippen LogP contribution in [-0.2, 0) is 13.1 Å². The van der Waals surface area contributed by atoms with Crippen LogP contribution in [0.25, 0.3) is 0 Å². The Morgan fingerprint density at radius 3 is 2.80 bits per heavy atom. The number of H-pyrrole nitrogens is 1. The Labute approximate surface area is 152 Å². The third-order valence-corrected chi connectivity index (χ3v) is 5.36. The van der Waals surface area contributed by atoms with Crippen molar-refractivity contribution >= 4 is 17.3 Å². The van der Waals surface area contributed by atoms with Crippen LogP contribution < -0.4 is 10.5 Å². The fourth-order valence-corrected chi connectivity index (χ4v) is 3.80. The fraction of sp³-hybridized carbons (Fsp3) is 0.588. The van der Waals surface area contributed by atoms with Crippen LogP contribution in [0.2, 0.25) is 0 Å². The second-order valence-corrected chi connectivity index (χ2v) is 7.97. The van der Waals surface area contributed by atoms with Crippen LogP contribution in [0.4, 0.5) is 5.95 Å². The fourth-order valence-electron chi connectivity index (χ4n) is 3.20. The lowest BCUT2D eigenvalue weighted by Gasteiger charge is -2.24. The van der Waals surface area contributed by atoms with E-state index in [0.717, 1.165) is 42.5 Å². The van der Waals surface area contributed by atoms with Gasteiger partial charge in [-0.25, -0.2) is 9.97 Å².